The zero-order valence-electron chi connectivity index (χ0n) is 15.4. The van der Waals surface area contributed by atoms with Crippen LogP contribution in [0.4, 0.5) is 0 Å². The number of hydrogen-bond donors (Lipinski definition) is 1. The molecule has 3 aromatic rings. The van der Waals surface area contributed by atoms with Gasteiger partial charge in [0, 0.05) is 25.8 Å². The van der Waals surface area contributed by atoms with Crippen molar-refractivity contribution in [1.29, 1.82) is 0 Å². The van der Waals surface area contributed by atoms with Crippen LogP contribution in [-0.2, 0) is 10.0 Å². The van der Waals surface area contributed by atoms with Gasteiger partial charge >= 0.3 is 0 Å². The van der Waals surface area contributed by atoms with Gasteiger partial charge in [-0.2, -0.15) is 0 Å². The molecule has 0 bridgehead atoms. The predicted octanol–water partition coefficient (Wildman–Crippen LogP) is 1.16. The summed E-state index contributed by atoms with van der Waals surface area (Å²) in [5, 5.41) is 8.57. The standard InChI is InChI=1S/C17H23N7O2S/c1-3-23-10-11(22(2)27(25,26)12-4-5-12)8-14(23)17-21-20-15-9-19-16-13(24(15)17)6-7-18-16/h6-7,9,11-12,14,18H,3-5,8,10H2,1-2H3/t11-,14-/m1/s1. The molecule has 4 heterocycles. The van der Waals surface area contributed by atoms with E-state index in [0.717, 1.165) is 36.4 Å². The molecular formula is C17H23N7O2S. The number of hydrogen-bond acceptors (Lipinski definition) is 6. The van der Waals surface area contributed by atoms with Gasteiger partial charge in [-0.15, -0.1) is 10.2 Å². The Balaban J connectivity index is 1.53. The van der Waals surface area contributed by atoms with Crippen LogP contribution in [0.25, 0.3) is 16.8 Å². The number of aromatic nitrogens is 5. The maximum absolute atomic E-state index is 12.7. The predicted molar refractivity (Wildman–Crippen MR) is 101 cm³/mol. The van der Waals surface area contributed by atoms with Crippen molar-refractivity contribution in [3.05, 3.63) is 24.3 Å². The second-order valence-corrected chi connectivity index (χ2v) is 9.75. The largest absolute Gasteiger partial charge is 0.345 e. The molecule has 5 rings (SSSR count). The Morgan fingerprint density at radius 2 is 2.15 bits per heavy atom. The van der Waals surface area contributed by atoms with E-state index in [2.05, 4.69) is 32.0 Å². The number of nitrogens with zero attached hydrogens (tertiary/aromatic N) is 6. The molecule has 2 fully saturated rings. The SMILES string of the molecule is CCN1C[C@H](N(C)S(=O)(=O)C2CC2)C[C@@H]1c1nnc2cnc3[nH]ccc3n12. The molecule has 144 valence electrons. The summed E-state index contributed by atoms with van der Waals surface area (Å²) in [5.74, 6) is 0.846. The first-order valence-corrected chi connectivity index (χ1v) is 10.9. The van der Waals surface area contributed by atoms with Gasteiger partial charge in [0.25, 0.3) is 0 Å². The smallest absolute Gasteiger partial charge is 0.217 e. The minimum absolute atomic E-state index is 0.0207. The van der Waals surface area contributed by atoms with E-state index >= 15 is 0 Å². The molecule has 2 aliphatic rings. The summed E-state index contributed by atoms with van der Waals surface area (Å²) in [7, 11) is -1.47. The molecule has 27 heavy (non-hydrogen) atoms. The molecule has 9 nitrogen and oxygen atoms in total. The Bertz CT molecular complexity index is 1100. The van der Waals surface area contributed by atoms with Crippen LogP contribution in [0.1, 0.15) is 38.1 Å². The minimum Gasteiger partial charge on any atom is -0.345 e. The van der Waals surface area contributed by atoms with Gasteiger partial charge in [0.05, 0.1) is 23.0 Å². The highest BCUT2D eigenvalue weighted by molar-refractivity contribution is 7.90. The van der Waals surface area contributed by atoms with Crippen LogP contribution < -0.4 is 0 Å². The van der Waals surface area contributed by atoms with Gasteiger partial charge in [-0.05, 0) is 31.9 Å². The average molecular weight is 389 g/mol. The Kier molecular flexibility index (Phi) is 3.78. The van der Waals surface area contributed by atoms with Gasteiger partial charge < -0.3 is 4.98 Å². The van der Waals surface area contributed by atoms with Crippen LogP contribution in [-0.4, -0.2) is 73.6 Å². The summed E-state index contributed by atoms with van der Waals surface area (Å²) < 4.78 is 29.0. The Labute approximate surface area is 157 Å². The van der Waals surface area contributed by atoms with E-state index in [4.69, 9.17) is 0 Å². The fourth-order valence-electron chi connectivity index (χ4n) is 4.18. The van der Waals surface area contributed by atoms with Crippen LogP contribution in [0.2, 0.25) is 0 Å². The molecule has 0 aromatic carbocycles. The Hall–Kier alpha value is -2.04. The van der Waals surface area contributed by atoms with Crippen LogP contribution in [0.15, 0.2) is 18.5 Å². The molecule has 2 atom stereocenters. The lowest BCUT2D eigenvalue weighted by Gasteiger charge is -2.23. The van der Waals surface area contributed by atoms with Crippen molar-refractivity contribution in [2.24, 2.45) is 0 Å². The summed E-state index contributed by atoms with van der Waals surface area (Å²) in [6.07, 6.45) is 5.85. The summed E-state index contributed by atoms with van der Waals surface area (Å²) in [4.78, 5) is 9.78. The molecule has 10 heteroatoms. The van der Waals surface area contributed by atoms with E-state index in [1.807, 2.05) is 16.7 Å². The molecule has 0 radical (unpaired) electrons. The molecule has 0 spiro atoms. The number of rotatable bonds is 5. The molecule has 1 saturated carbocycles. The molecule has 3 aromatic heterocycles. The monoisotopic (exact) mass is 389 g/mol. The summed E-state index contributed by atoms with van der Waals surface area (Å²) in [6.45, 7) is 3.64. The first-order chi connectivity index (χ1) is 13.0. The Morgan fingerprint density at radius 1 is 1.33 bits per heavy atom. The van der Waals surface area contributed by atoms with Gasteiger partial charge in [-0.25, -0.2) is 17.7 Å². The molecule has 0 amide bonds. The fourth-order valence-corrected chi connectivity index (χ4v) is 5.95. The number of H-pyrrole nitrogens is 1. The van der Waals surface area contributed by atoms with Crippen LogP contribution in [0, 0.1) is 0 Å². The molecular weight excluding hydrogens is 366 g/mol. The van der Waals surface area contributed by atoms with Crippen molar-refractivity contribution < 1.29 is 8.42 Å². The van der Waals surface area contributed by atoms with E-state index < -0.39 is 10.0 Å². The maximum atomic E-state index is 12.7. The summed E-state index contributed by atoms with van der Waals surface area (Å²) >= 11 is 0. The van der Waals surface area contributed by atoms with Crippen LogP contribution in [0.5, 0.6) is 0 Å². The van der Waals surface area contributed by atoms with Gasteiger partial charge in [-0.3, -0.25) is 9.30 Å². The van der Waals surface area contributed by atoms with Crippen molar-refractivity contribution in [2.75, 3.05) is 20.1 Å². The number of fused-ring (bicyclic) bond motifs is 3. The van der Waals surface area contributed by atoms with Crippen LogP contribution in [0.3, 0.4) is 0 Å². The second-order valence-electron chi connectivity index (χ2n) is 7.47. The van der Waals surface area contributed by atoms with Crippen molar-refractivity contribution in [2.45, 2.75) is 43.5 Å². The average Bonchev–Trinajstić information content (AvgIpc) is 3.10. The van der Waals surface area contributed by atoms with E-state index in [-0.39, 0.29) is 17.3 Å². The molecule has 1 aliphatic heterocycles. The number of likely N-dealkylation sites (tertiary alicyclic amines) is 1. The van der Waals surface area contributed by atoms with E-state index in [1.54, 1.807) is 17.5 Å². The number of likely N-dealkylation sites (N-methyl/N-ethyl adjacent to an activating group) is 2. The number of aromatic amines is 1. The van der Waals surface area contributed by atoms with Crippen molar-refractivity contribution in [3.8, 4) is 0 Å². The third kappa shape index (κ3) is 2.58. The summed E-state index contributed by atoms with van der Waals surface area (Å²) in [6, 6.07) is 1.94. The van der Waals surface area contributed by atoms with Crippen molar-refractivity contribution >= 4 is 26.8 Å². The first-order valence-electron chi connectivity index (χ1n) is 9.38. The van der Waals surface area contributed by atoms with E-state index in [9.17, 15) is 8.42 Å². The van der Waals surface area contributed by atoms with E-state index in [0.29, 0.717) is 18.6 Å². The number of sulfonamides is 1. The van der Waals surface area contributed by atoms with Gasteiger partial charge in [0.15, 0.2) is 17.1 Å². The maximum Gasteiger partial charge on any atom is 0.217 e. The van der Waals surface area contributed by atoms with Gasteiger partial charge in [0.2, 0.25) is 10.0 Å². The highest BCUT2D eigenvalue weighted by Gasteiger charge is 2.45. The van der Waals surface area contributed by atoms with Gasteiger partial charge in [0.1, 0.15) is 0 Å². The zero-order chi connectivity index (χ0) is 18.8. The second kappa shape index (κ2) is 5.98. The van der Waals surface area contributed by atoms with Crippen molar-refractivity contribution in [3.63, 3.8) is 0 Å². The molecule has 1 aliphatic carbocycles. The third-order valence-electron chi connectivity index (χ3n) is 5.91. The van der Waals surface area contributed by atoms with E-state index in [1.165, 1.54) is 0 Å². The highest BCUT2D eigenvalue weighted by atomic mass is 32.2. The van der Waals surface area contributed by atoms with Gasteiger partial charge in [-0.1, -0.05) is 6.92 Å². The fraction of sp³-hybridized carbons (Fsp3) is 0.588. The normalized spacial score (nSPS) is 24.6. The lowest BCUT2D eigenvalue weighted by Crippen LogP contribution is -2.40. The quantitative estimate of drug-likeness (QED) is 0.703. The molecule has 0 unspecified atom stereocenters. The Morgan fingerprint density at radius 3 is 2.89 bits per heavy atom. The summed E-state index contributed by atoms with van der Waals surface area (Å²) in [5.41, 5.74) is 2.43. The zero-order valence-corrected chi connectivity index (χ0v) is 16.2. The lowest BCUT2D eigenvalue weighted by molar-refractivity contribution is 0.255. The molecule has 1 saturated heterocycles. The van der Waals surface area contributed by atoms with Crippen molar-refractivity contribution in [1.82, 2.24) is 33.8 Å². The first kappa shape index (κ1) is 17.1. The topological polar surface area (TPSA) is 99.5 Å². The van der Waals surface area contributed by atoms with Crippen LogP contribution >= 0.6 is 0 Å². The minimum atomic E-state index is -3.19. The highest BCUT2D eigenvalue weighted by Crippen LogP contribution is 2.37. The molecule has 1 N–H and O–H groups in total. The number of nitrogens with one attached hydrogen (secondary N) is 1. The third-order valence-corrected chi connectivity index (χ3v) is 8.33. The lowest BCUT2D eigenvalue weighted by atomic mass is 10.1.